The number of methoxy groups -OCH3 is 2. The van der Waals surface area contributed by atoms with Crippen LogP contribution in [0.5, 0.6) is 0 Å². The van der Waals surface area contributed by atoms with Gasteiger partial charge in [-0.2, -0.15) is 0 Å². The first kappa shape index (κ1) is 18.9. The van der Waals surface area contributed by atoms with E-state index in [4.69, 9.17) is 0 Å². The zero-order valence-electron chi connectivity index (χ0n) is 13.5. The minimum absolute atomic E-state index is 0.0404. The Morgan fingerprint density at radius 2 is 1.96 bits per heavy atom. The molecule has 1 atom stereocenters. The highest BCUT2D eigenvalue weighted by atomic mass is 32.1. The van der Waals surface area contributed by atoms with Gasteiger partial charge in [-0.05, 0) is 12.3 Å². The van der Waals surface area contributed by atoms with Crippen LogP contribution in [0.1, 0.15) is 26.0 Å². The van der Waals surface area contributed by atoms with Gasteiger partial charge in [-0.1, -0.05) is 13.8 Å². The third-order valence-corrected chi connectivity index (χ3v) is 3.64. The summed E-state index contributed by atoms with van der Waals surface area (Å²) in [6.45, 7) is 3.88. The maximum atomic E-state index is 12.3. The van der Waals surface area contributed by atoms with Gasteiger partial charge in [0.25, 0.3) is 0 Å². The van der Waals surface area contributed by atoms with Crippen LogP contribution in [0.3, 0.4) is 0 Å². The third kappa shape index (κ3) is 6.64. The SMILES string of the molecule is COC(=O)Cc1csc(NC(=O)C(CC(C)C)NC(=O)OC)n1. The Bertz CT molecular complexity index is 558. The number of aromatic nitrogens is 1. The smallest absolute Gasteiger partial charge is 0.407 e. The first-order valence-electron chi connectivity index (χ1n) is 7.02. The minimum atomic E-state index is -0.726. The van der Waals surface area contributed by atoms with Gasteiger partial charge in [0, 0.05) is 5.38 Å². The molecule has 0 aliphatic heterocycles. The van der Waals surface area contributed by atoms with E-state index in [-0.39, 0.29) is 18.2 Å². The number of thiazole rings is 1. The molecule has 2 N–H and O–H groups in total. The van der Waals surface area contributed by atoms with E-state index in [0.717, 1.165) is 0 Å². The van der Waals surface area contributed by atoms with E-state index in [1.165, 1.54) is 25.6 Å². The van der Waals surface area contributed by atoms with Crippen molar-refractivity contribution in [3.05, 3.63) is 11.1 Å². The predicted octanol–water partition coefficient (Wildman–Crippen LogP) is 1.57. The number of rotatable bonds is 7. The van der Waals surface area contributed by atoms with Crippen molar-refractivity contribution in [1.29, 1.82) is 0 Å². The molecular formula is C14H21N3O5S. The van der Waals surface area contributed by atoms with E-state index >= 15 is 0 Å². The van der Waals surface area contributed by atoms with Gasteiger partial charge in [-0.3, -0.25) is 9.59 Å². The highest BCUT2D eigenvalue weighted by Crippen LogP contribution is 2.17. The fourth-order valence-electron chi connectivity index (χ4n) is 1.76. The molecule has 0 aliphatic rings. The molecule has 0 fully saturated rings. The molecule has 0 aromatic carbocycles. The fraction of sp³-hybridized carbons (Fsp3) is 0.571. The van der Waals surface area contributed by atoms with Crippen molar-refractivity contribution in [3.63, 3.8) is 0 Å². The summed E-state index contributed by atoms with van der Waals surface area (Å²) < 4.78 is 9.09. The molecule has 0 bridgehead atoms. The molecule has 9 heteroatoms. The normalized spacial score (nSPS) is 11.7. The van der Waals surface area contributed by atoms with Crippen LogP contribution in [-0.4, -0.2) is 43.2 Å². The van der Waals surface area contributed by atoms with Gasteiger partial charge in [0.1, 0.15) is 6.04 Å². The van der Waals surface area contributed by atoms with E-state index in [2.05, 4.69) is 25.1 Å². The van der Waals surface area contributed by atoms with E-state index < -0.39 is 18.1 Å². The van der Waals surface area contributed by atoms with Crippen molar-refractivity contribution in [2.24, 2.45) is 5.92 Å². The molecule has 1 rings (SSSR count). The number of carbonyl (C=O) groups excluding carboxylic acids is 3. The number of anilines is 1. The maximum absolute atomic E-state index is 12.3. The van der Waals surface area contributed by atoms with Crippen LogP contribution in [0.4, 0.5) is 9.93 Å². The van der Waals surface area contributed by atoms with Crippen LogP contribution in [0.2, 0.25) is 0 Å². The molecule has 8 nitrogen and oxygen atoms in total. The van der Waals surface area contributed by atoms with E-state index in [1.807, 2.05) is 13.8 Å². The standard InChI is InChI=1S/C14H21N3O5S/c1-8(2)5-10(16-14(20)22-4)12(19)17-13-15-9(7-23-13)6-11(18)21-3/h7-8,10H,5-6H2,1-4H3,(H,16,20)(H,15,17,19). The lowest BCUT2D eigenvalue weighted by Crippen LogP contribution is -2.44. The Kier molecular flexibility index (Phi) is 7.46. The Hall–Kier alpha value is -2.16. The molecule has 1 unspecified atom stereocenters. The van der Waals surface area contributed by atoms with Crippen LogP contribution in [-0.2, 0) is 25.5 Å². The lowest BCUT2D eigenvalue weighted by molar-refractivity contribution is -0.139. The van der Waals surface area contributed by atoms with Gasteiger partial charge < -0.3 is 20.1 Å². The van der Waals surface area contributed by atoms with Crippen molar-refractivity contribution < 1.29 is 23.9 Å². The fourth-order valence-corrected chi connectivity index (χ4v) is 2.48. The van der Waals surface area contributed by atoms with Gasteiger partial charge in [0.2, 0.25) is 5.91 Å². The molecule has 0 saturated heterocycles. The van der Waals surface area contributed by atoms with Crippen molar-refractivity contribution in [3.8, 4) is 0 Å². The van der Waals surface area contributed by atoms with Crippen LogP contribution in [0, 0.1) is 5.92 Å². The summed E-state index contributed by atoms with van der Waals surface area (Å²) in [6, 6.07) is -0.726. The number of hydrogen-bond donors (Lipinski definition) is 2. The van der Waals surface area contributed by atoms with E-state index in [9.17, 15) is 14.4 Å². The Balaban J connectivity index is 2.70. The molecule has 1 heterocycles. The second-order valence-electron chi connectivity index (χ2n) is 5.20. The van der Waals surface area contributed by atoms with Crippen LogP contribution in [0.15, 0.2) is 5.38 Å². The van der Waals surface area contributed by atoms with Crippen molar-refractivity contribution in [2.45, 2.75) is 32.7 Å². The zero-order chi connectivity index (χ0) is 17.4. The highest BCUT2D eigenvalue weighted by molar-refractivity contribution is 7.13. The molecular weight excluding hydrogens is 322 g/mol. The lowest BCUT2D eigenvalue weighted by Gasteiger charge is -2.18. The van der Waals surface area contributed by atoms with E-state index in [1.54, 1.807) is 5.38 Å². The largest absolute Gasteiger partial charge is 0.469 e. The molecule has 1 aromatic rings. The van der Waals surface area contributed by atoms with Crippen LogP contribution in [0.25, 0.3) is 0 Å². The summed E-state index contributed by atoms with van der Waals surface area (Å²) in [5, 5.41) is 7.15. The molecule has 1 aromatic heterocycles. The van der Waals surface area contributed by atoms with Crippen molar-refractivity contribution >= 4 is 34.4 Å². The number of hydrogen-bond acceptors (Lipinski definition) is 7. The lowest BCUT2D eigenvalue weighted by atomic mass is 10.0. The Labute approximate surface area is 138 Å². The number of nitrogens with zero attached hydrogens (tertiary/aromatic N) is 1. The van der Waals surface area contributed by atoms with E-state index in [0.29, 0.717) is 17.2 Å². The monoisotopic (exact) mass is 343 g/mol. The van der Waals surface area contributed by atoms with Crippen LogP contribution < -0.4 is 10.6 Å². The average Bonchev–Trinajstić information content (AvgIpc) is 2.92. The molecule has 0 radical (unpaired) electrons. The average molecular weight is 343 g/mol. The summed E-state index contributed by atoms with van der Waals surface area (Å²) in [5.74, 6) is -0.588. The van der Waals surface area contributed by atoms with Gasteiger partial charge in [-0.15, -0.1) is 11.3 Å². The second kappa shape index (κ2) is 9.09. The first-order chi connectivity index (χ1) is 10.8. The number of esters is 1. The molecule has 0 saturated carbocycles. The number of nitrogens with one attached hydrogen (secondary N) is 2. The van der Waals surface area contributed by atoms with Crippen molar-refractivity contribution in [1.82, 2.24) is 10.3 Å². The molecule has 2 amide bonds. The maximum Gasteiger partial charge on any atom is 0.407 e. The predicted molar refractivity (Wildman–Crippen MR) is 85.2 cm³/mol. The number of amides is 2. The molecule has 0 aliphatic carbocycles. The van der Waals surface area contributed by atoms with Gasteiger partial charge in [0.15, 0.2) is 5.13 Å². The molecule has 0 spiro atoms. The Morgan fingerprint density at radius 3 is 2.52 bits per heavy atom. The zero-order valence-corrected chi connectivity index (χ0v) is 14.4. The minimum Gasteiger partial charge on any atom is -0.469 e. The first-order valence-corrected chi connectivity index (χ1v) is 7.90. The summed E-state index contributed by atoms with van der Waals surface area (Å²) in [5.41, 5.74) is 0.512. The number of carbonyl (C=O) groups is 3. The van der Waals surface area contributed by atoms with Gasteiger partial charge in [0.05, 0.1) is 26.3 Å². The Morgan fingerprint density at radius 1 is 1.26 bits per heavy atom. The summed E-state index contributed by atoms with van der Waals surface area (Å²) >= 11 is 1.20. The summed E-state index contributed by atoms with van der Waals surface area (Å²) in [6.07, 6.45) is -0.170. The third-order valence-electron chi connectivity index (χ3n) is 2.84. The van der Waals surface area contributed by atoms with Crippen molar-refractivity contribution in [2.75, 3.05) is 19.5 Å². The molecule has 128 valence electrons. The summed E-state index contributed by atoms with van der Waals surface area (Å²) in [7, 11) is 2.53. The second-order valence-corrected chi connectivity index (χ2v) is 6.06. The number of ether oxygens (including phenoxy) is 2. The van der Waals surface area contributed by atoms with Crippen LogP contribution >= 0.6 is 11.3 Å². The topological polar surface area (TPSA) is 107 Å². The quantitative estimate of drug-likeness (QED) is 0.728. The highest BCUT2D eigenvalue weighted by Gasteiger charge is 2.23. The van der Waals surface area contributed by atoms with Gasteiger partial charge >= 0.3 is 12.1 Å². The molecule has 23 heavy (non-hydrogen) atoms. The van der Waals surface area contributed by atoms with Gasteiger partial charge in [-0.25, -0.2) is 9.78 Å². The number of alkyl carbamates (subject to hydrolysis) is 1. The summed E-state index contributed by atoms with van der Waals surface area (Å²) in [4.78, 5) is 39.0.